The number of halogens is 1. The van der Waals surface area contributed by atoms with Crippen molar-refractivity contribution in [2.45, 2.75) is 30.0 Å². The van der Waals surface area contributed by atoms with Crippen LogP contribution in [0.15, 0.2) is 59.5 Å². The second kappa shape index (κ2) is 7.53. The number of rotatable bonds is 5. The van der Waals surface area contributed by atoms with Crippen LogP contribution in [0.1, 0.15) is 25.5 Å². The van der Waals surface area contributed by atoms with Gasteiger partial charge in [0.05, 0.1) is 11.3 Å². The monoisotopic (exact) mass is 319 g/mol. The van der Waals surface area contributed by atoms with E-state index in [1.165, 1.54) is 11.8 Å². The summed E-state index contributed by atoms with van der Waals surface area (Å²) in [6.45, 7) is 3.90. The molecule has 0 saturated heterocycles. The molecule has 1 amide bonds. The van der Waals surface area contributed by atoms with E-state index in [0.717, 1.165) is 10.5 Å². The third kappa shape index (κ3) is 4.80. The van der Waals surface area contributed by atoms with Crippen LogP contribution in [0.4, 0.5) is 0 Å². The number of thioether (sulfide) groups is 1. The van der Waals surface area contributed by atoms with Gasteiger partial charge in [0.1, 0.15) is 0 Å². The van der Waals surface area contributed by atoms with E-state index in [1.807, 2.05) is 68.4 Å². The Kier molecular flexibility index (Phi) is 5.71. The van der Waals surface area contributed by atoms with Gasteiger partial charge < -0.3 is 5.32 Å². The van der Waals surface area contributed by atoms with Gasteiger partial charge in [0.2, 0.25) is 5.91 Å². The van der Waals surface area contributed by atoms with Crippen molar-refractivity contribution >= 4 is 29.3 Å². The van der Waals surface area contributed by atoms with Crippen molar-refractivity contribution < 1.29 is 4.79 Å². The van der Waals surface area contributed by atoms with Gasteiger partial charge in [-0.1, -0.05) is 41.9 Å². The highest BCUT2D eigenvalue weighted by molar-refractivity contribution is 8.00. The minimum Gasteiger partial charge on any atom is -0.349 e. The first-order valence-electron chi connectivity index (χ1n) is 6.84. The number of nitrogens with one attached hydrogen (secondary N) is 1. The molecule has 2 rings (SSSR count). The first-order valence-corrected chi connectivity index (χ1v) is 8.09. The topological polar surface area (TPSA) is 29.1 Å². The van der Waals surface area contributed by atoms with Crippen molar-refractivity contribution in [1.29, 1.82) is 0 Å². The van der Waals surface area contributed by atoms with Crippen LogP contribution in [0.2, 0.25) is 5.02 Å². The van der Waals surface area contributed by atoms with Gasteiger partial charge in [-0.15, -0.1) is 11.8 Å². The molecular formula is C17H18ClNOS. The minimum atomic E-state index is -0.155. The van der Waals surface area contributed by atoms with E-state index in [1.54, 1.807) is 0 Å². The molecule has 0 spiro atoms. The molecule has 0 saturated carbocycles. The molecule has 1 N–H and O–H groups in total. The lowest BCUT2D eigenvalue weighted by molar-refractivity contribution is -0.120. The van der Waals surface area contributed by atoms with E-state index < -0.39 is 0 Å². The van der Waals surface area contributed by atoms with Gasteiger partial charge in [0.15, 0.2) is 0 Å². The Morgan fingerprint density at radius 3 is 2.29 bits per heavy atom. The molecule has 21 heavy (non-hydrogen) atoms. The fraction of sp³-hybridized carbons (Fsp3) is 0.235. The molecule has 0 aromatic heterocycles. The smallest absolute Gasteiger partial charge is 0.233 e. The van der Waals surface area contributed by atoms with Gasteiger partial charge in [-0.05, 0) is 43.7 Å². The van der Waals surface area contributed by atoms with Crippen LogP contribution in [0, 0.1) is 0 Å². The van der Waals surface area contributed by atoms with E-state index in [0.29, 0.717) is 5.02 Å². The molecule has 2 aromatic rings. The summed E-state index contributed by atoms with van der Waals surface area (Å²) in [5.74, 6) is 0.0336. The number of hydrogen-bond acceptors (Lipinski definition) is 2. The summed E-state index contributed by atoms with van der Waals surface area (Å²) in [5.41, 5.74) is 1.11. The standard InChI is InChI=1S/C17H18ClNOS/c1-12(14-6-4-3-5-7-14)19-17(20)13(2)21-16-10-8-15(18)9-11-16/h3-13H,1-2H3,(H,19,20)/t12-,13+/m0/s1. The molecule has 2 nitrogen and oxygen atoms in total. The number of carbonyl (C=O) groups excluding carboxylic acids is 1. The highest BCUT2D eigenvalue weighted by Crippen LogP contribution is 2.25. The van der Waals surface area contributed by atoms with E-state index in [4.69, 9.17) is 11.6 Å². The summed E-state index contributed by atoms with van der Waals surface area (Å²) in [6.07, 6.45) is 0. The van der Waals surface area contributed by atoms with E-state index in [9.17, 15) is 4.79 Å². The Morgan fingerprint density at radius 2 is 1.67 bits per heavy atom. The highest BCUT2D eigenvalue weighted by atomic mass is 35.5. The van der Waals surface area contributed by atoms with Crippen molar-refractivity contribution in [3.8, 4) is 0 Å². The van der Waals surface area contributed by atoms with Crippen molar-refractivity contribution in [1.82, 2.24) is 5.32 Å². The summed E-state index contributed by atoms with van der Waals surface area (Å²) < 4.78 is 0. The van der Waals surface area contributed by atoms with Crippen LogP contribution in [0.5, 0.6) is 0 Å². The average Bonchev–Trinajstić information content (AvgIpc) is 2.50. The Morgan fingerprint density at radius 1 is 1.05 bits per heavy atom. The van der Waals surface area contributed by atoms with Gasteiger partial charge in [-0.3, -0.25) is 4.79 Å². The fourth-order valence-electron chi connectivity index (χ4n) is 1.93. The molecule has 0 aliphatic carbocycles. The molecule has 0 fully saturated rings. The van der Waals surface area contributed by atoms with Crippen LogP contribution >= 0.6 is 23.4 Å². The van der Waals surface area contributed by atoms with Crippen molar-refractivity contribution in [2.75, 3.05) is 0 Å². The molecule has 0 heterocycles. The molecule has 110 valence electrons. The molecule has 0 unspecified atom stereocenters. The van der Waals surface area contributed by atoms with Crippen LogP contribution in [-0.4, -0.2) is 11.2 Å². The van der Waals surface area contributed by atoms with E-state index in [-0.39, 0.29) is 17.2 Å². The zero-order valence-corrected chi connectivity index (χ0v) is 13.6. The molecular weight excluding hydrogens is 302 g/mol. The third-order valence-electron chi connectivity index (χ3n) is 3.15. The Balaban J connectivity index is 1.92. The second-order valence-corrected chi connectivity index (χ2v) is 6.71. The minimum absolute atomic E-state index is 0.00645. The highest BCUT2D eigenvalue weighted by Gasteiger charge is 2.17. The first-order chi connectivity index (χ1) is 10.1. The summed E-state index contributed by atoms with van der Waals surface area (Å²) in [6, 6.07) is 17.5. The summed E-state index contributed by atoms with van der Waals surface area (Å²) in [7, 11) is 0. The summed E-state index contributed by atoms with van der Waals surface area (Å²) >= 11 is 7.39. The Bertz CT molecular complexity index is 585. The number of carbonyl (C=O) groups is 1. The van der Waals surface area contributed by atoms with Crippen molar-refractivity contribution in [3.63, 3.8) is 0 Å². The van der Waals surface area contributed by atoms with Gasteiger partial charge >= 0.3 is 0 Å². The Hall–Kier alpha value is -1.45. The van der Waals surface area contributed by atoms with Crippen molar-refractivity contribution in [3.05, 3.63) is 65.2 Å². The maximum Gasteiger partial charge on any atom is 0.233 e. The largest absolute Gasteiger partial charge is 0.349 e. The molecule has 2 aromatic carbocycles. The number of benzene rings is 2. The SMILES string of the molecule is C[C@H](NC(=O)[C@@H](C)Sc1ccc(Cl)cc1)c1ccccc1. The predicted molar refractivity (Wildman–Crippen MR) is 89.8 cm³/mol. The molecule has 0 aliphatic heterocycles. The molecule has 0 bridgehead atoms. The normalized spacial score (nSPS) is 13.5. The second-order valence-electron chi connectivity index (χ2n) is 4.85. The summed E-state index contributed by atoms with van der Waals surface area (Å²) in [4.78, 5) is 13.3. The number of hydrogen-bond donors (Lipinski definition) is 1. The van der Waals surface area contributed by atoms with E-state index >= 15 is 0 Å². The lowest BCUT2D eigenvalue weighted by atomic mass is 10.1. The van der Waals surface area contributed by atoms with Crippen LogP contribution < -0.4 is 5.32 Å². The van der Waals surface area contributed by atoms with E-state index in [2.05, 4.69) is 5.32 Å². The van der Waals surface area contributed by atoms with Crippen LogP contribution in [0.3, 0.4) is 0 Å². The predicted octanol–water partition coefficient (Wildman–Crippen LogP) is 4.70. The Labute approximate surface area is 134 Å². The molecule has 0 radical (unpaired) electrons. The van der Waals surface area contributed by atoms with Crippen LogP contribution in [-0.2, 0) is 4.79 Å². The van der Waals surface area contributed by atoms with Gasteiger partial charge in [-0.2, -0.15) is 0 Å². The summed E-state index contributed by atoms with van der Waals surface area (Å²) in [5, 5.41) is 3.59. The maximum absolute atomic E-state index is 12.2. The van der Waals surface area contributed by atoms with Crippen molar-refractivity contribution in [2.24, 2.45) is 0 Å². The molecule has 2 atom stereocenters. The average molecular weight is 320 g/mol. The fourth-order valence-corrected chi connectivity index (χ4v) is 2.93. The zero-order chi connectivity index (χ0) is 15.2. The lowest BCUT2D eigenvalue weighted by Crippen LogP contribution is -2.33. The third-order valence-corrected chi connectivity index (χ3v) is 4.52. The molecule has 0 aliphatic rings. The van der Waals surface area contributed by atoms with Gasteiger partial charge in [0.25, 0.3) is 0 Å². The lowest BCUT2D eigenvalue weighted by Gasteiger charge is -2.17. The molecule has 4 heteroatoms. The zero-order valence-electron chi connectivity index (χ0n) is 12.0. The first kappa shape index (κ1) is 15.9. The maximum atomic E-state index is 12.2. The van der Waals surface area contributed by atoms with Crippen LogP contribution in [0.25, 0.3) is 0 Å². The van der Waals surface area contributed by atoms with Gasteiger partial charge in [0, 0.05) is 9.92 Å². The van der Waals surface area contributed by atoms with Gasteiger partial charge in [-0.25, -0.2) is 0 Å². The number of amides is 1. The quantitative estimate of drug-likeness (QED) is 0.809.